The monoisotopic (exact) mass is 340 g/mol. The van der Waals surface area contributed by atoms with Gasteiger partial charge >= 0.3 is 76.9 Å². The molecule has 0 spiro atoms. The minimum atomic E-state index is 0.0556. The van der Waals surface area contributed by atoms with Gasteiger partial charge in [0.1, 0.15) is 0 Å². The summed E-state index contributed by atoms with van der Waals surface area (Å²) >= 11 is 1.22. The number of hydrogen-bond acceptors (Lipinski definition) is 2. The molecule has 2 nitrogen and oxygen atoms in total. The van der Waals surface area contributed by atoms with Gasteiger partial charge in [0.15, 0.2) is 0 Å². The number of rotatable bonds is 0. The maximum absolute atomic E-state index is 8.39. The van der Waals surface area contributed by atoms with Crippen molar-refractivity contribution in [1.29, 1.82) is 0 Å². The summed E-state index contributed by atoms with van der Waals surface area (Å²) in [6, 6.07) is 0. The SMILES string of the molecule is [O]=[Er].[O]=[Nd]. The van der Waals surface area contributed by atoms with E-state index in [0.717, 1.165) is 0 Å². The van der Waals surface area contributed by atoms with E-state index in [1.807, 2.05) is 0 Å². The molecule has 0 aliphatic rings. The topological polar surface area (TPSA) is 34.1 Å². The standard InChI is InChI=1S/Er.Nd.2O. The van der Waals surface area contributed by atoms with E-state index in [2.05, 4.69) is 0 Å². The molecule has 0 saturated carbocycles. The van der Waals surface area contributed by atoms with Crippen LogP contribution in [0.3, 0.4) is 0 Å². The molecule has 4 heavy (non-hydrogen) atoms. The van der Waals surface area contributed by atoms with E-state index in [1.54, 1.807) is 0 Å². The van der Waals surface area contributed by atoms with Crippen LogP contribution in [0.5, 0.6) is 0 Å². The van der Waals surface area contributed by atoms with Gasteiger partial charge in [-0.25, -0.2) is 0 Å². The molecule has 4 heteroatoms. The minimum absolute atomic E-state index is 0.0556. The van der Waals surface area contributed by atoms with Crippen molar-refractivity contribution in [3.05, 3.63) is 0 Å². The van der Waals surface area contributed by atoms with Gasteiger partial charge in [0.2, 0.25) is 0 Å². The Balaban J connectivity index is 0. The molecule has 0 radical (unpaired) electrons. The average Bonchev–Trinajstić information content (AvgIpc) is 1.50. The van der Waals surface area contributed by atoms with E-state index in [0.29, 0.717) is 0 Å². The van der Waals surface area contributed by atoms with Crippen molar-refractivity contribution in [2.24, 2.45) is 0 Å². The van der Waals surface area contributed by atoms with Crippen LogP contribution in [0.1, 0.15) is 0 Å². The van der Waals surface area contributed by atoms with Crippen LogP contribution in [-0.2, 0) is 2.54 Å². The Morgan fingerprint density at radius 3 is 1.25 bits per heavy atom. The molecule has 0 fully saturated rings. The van der Waals surface area contributed by atoms with E-state index in [-0.39, 0.29) is 38.9 Å². The zero-order chi connectivity index (χ0) is 4.00. The third kappa shape index (κ3) is 8.89. The van der Waals surface area contributed by atoms with Crippen LogP contribution < -0.4 is 0 Å². The second-order valence-corrected chi connectivity index (χ2v) is 0. The van der Waals surface area contributed by atoms with Crippen molar-refractivity contribution in [3.8, 4) is 0 Å². The summed E-state index contributed by atoms with van der Waals surface area (Å²) < 4.78 is 16.6. The third-order valence-electron chi connectivity index (χ3n) is 0. The summed E-state index contributed by atoms with van der Waals surface area (Å²) in [5.74, 6) is 0. The van der Waals surface area contributed by atoms with E-state index < -0.39 is 0 Å². The first-order valence-corrected chi connectivity index (χ1v) is 2.39. The van der Waals surface area contributed by atoms with Crippen molar-refractivity contribution in [1.82, 2.24) is 0 Å². The summed E-state index contributed by atoms with van der Waals surface area (Å²) in [7, 11) is 0. The Morgan fingerprint density at radius 1 is 1.25 bits per heavy atom. The summed E-state index contributed by atoms with van der Waals surface area (Å²) in [6.45, 7) is 0. The van der Waals surface area contributed by atoms with Crippen LogP contribution in [0.4, 0.5) is 0 Å². The fraction of sp³-hybridized carbons (Fsp3) is 0. The van der Waals surface area contributed by atoms with Crippen molar-refractivity contribution >= 4 is 0 Å². The fourth-order valence-electron chi connectivity index (χ4n) is 0. The molecule has 0 amide bonds. The average molecular weight is 343 g/mol. The van der Waals surface area contributed by atoms with Gasteiger partial charge in [0.05, 0.1) is 0 Å². The summed E-state index contributed by atoms with van der Waals surface area (Å²) in [4.78, 5) is 0. The number of hydrogen-bond donors (Lipinski definition) is 0. The Bertz CT molecular complexity index is 8.00. The molecule has 0 aromatic rings. The molecular formula is ErNdO2. The first-order chi connectivity index (χ1) is 2.00. The molecule has 0 saturated heterocycles. The molecular weight excluding hydrogens is 343 g/mol. The van der Waals surface area contributed by atoms with Gasteiger partial charge in [0.25, 0.3) is 0 Å². The van der Waals surface area contributed by atoms with Crippen molar-refractivity contribution < 1.29 is 76.9 Å². The van der Waals surface area contributed by atoms with Crippen molar-refractivity contribution in [3.63, 3.8) is 0 Å². The van der Waals surface area contributed by atoms with Crippen LogP contribution in [0.25, 0.3) is 0 Å². The molecule has 0 bridgehead atoms. The van der Waals surface area contributed by atoms with Gasteiger partial charge < -0.3 is 0 Å². The van der Waals surface area contributed by atoms with Gasteiger partial charge in [0, 0.05) is 0 Å². The Kier molecular flexibility index (Phi) is 45.0. The van der Waals surface area contributed by atoms with Crippen LogP contribution in [-0.4, -0.2) is 0 Å². The normalized spacial score (nSPS) is 2.25. The summed E-state index contributed by atoms with van der Waals surface area (Å²) in [5, 5.41) is 0. The first-order valence-electron chi connectivity index (χ1n) is 0.322. The predicted molar refractivity (Wildman–Crippen MR) is 1.37 cm³/mol. The van der Waals surface area contributed by atoms with Gasteiger partial charge in [-0.1, -0.05) is 0 Å². The first kappa shape index (κ1) is 9.50. The van der Waals surface area contributed by atoms with Crippen molar-refractivity contribution in [2.75, 3.05) is 0 Å². The third-order valence-corrected chi connectivity index (χ3v) is 0. The van der Waals surface area contributed by atoms with Gasteiger partial charge in [-0.3, -0.25) is 0 Å². The molecule has 0 aliphatic heterocycles. The second-order valence-electron chi connectivity index (χ2n) is 0. The molecule has 0 rings (SSSR count). The van der Waals surface area contributed by atoms with Crippen LogP contribution in [0.15, 0.2) is 0 Å². The molecule has 0 aliphatic carbocycles. The van der Waals surface area contributed by atoms with E-state index >= 15 is 0 Å². The van der Waals surface area contributed by atoms with E-state index in [9.17, 15) is 0 Å². The molecule has 0 unspecified atom stereocenters. The van der Waals surface area contributed by atoms with Crippen LogP contribution >= 0.6 is 0 Å². The quantitative estimate of drug-likeness (QED) is 0.609. The zero-order valence-electron chi connectivity index (χ0n) is 1.61. The Morgan fingerprint density at radius 2 is 1.25 bits per heavy atom. The molecule has 0 heterocycles. The maximum atomic E-state index is 8.39. The predicted octanol–water partition coefficient (Wildman–Crippen LogP) is -0.238. The molecule has 0 aromatic carbocycles. The van der Waals surface area contributed by atoms with Crippen molar-refractivity contribution in [2.45, 2.75) is 0 Å². The van der Waals surface area contributed by atoms with E-state index in [1.165, 1.54) is 35.5 Å². The van der Waals surface area contributed by atoms with Crippen LogP contribution in [0.2, 0.25) is 0 Å². The van der Waals surface area contributed by atoms with Gasteiger partial charge in [-0.15, -0.1) is 0 Å². The second kappa shape index (κ2) is 19.0. The van der Waals surface area contributed by atoms with Crippen LogP contribution in [0, 0.1) is 74.4 Å². The van der Waals surface area contributed by atoms with Gasteiger partial charge in [-0.2, -0.15) is 0 Å². The fourth-order valence-corrected chi connectivity index (χ4v) is 0. The molecule has 0 atom stereocenters. The van der Waals surface area contributed by atoms with Gasteiger partial charge in [-0.05, 0) is 0 Å². The zero-order valence-corrected chi connectivity index (χ0v) is 6.67. The Labute approximate surface area is 74.9 Å². The molecule has 0 N–H and O–H groups in total. The summed E-state index contributed by atoms with van der Waals surface area (Å²) in [5.41, 5.74) is 0. The van der Waals surface area contributed by atoms with E-state index in [4.69, 9.17) is 2.54 Å². The molecule has 28 valence electrons. The Hall–Kier alpha value is 2.20. The molecule has 0 aromatic heterocycles. The summed E-state index contributed by atoms with van der Waals surface area (Å²) in [6.07, 6.45) is 0.